The minimum atomic E-state index is -3.38. The van der Waals surface area contributed by atoms with Gasteiger partial charge in [0.05, 0.1) is 68.4 Å². The average Bonchev–Trinajstić information content (AvgIpc) is 1.61. The molecule has 0 fully saturated rings. The summed E-state index contributed by atoms with van der Waals surface area (Å²) in [5.74, 6) is 2.72. The quantitative estimate of drug-likeness (QED) is 0.0347. The Bertz CT molecular complexity index is 7800. The third-order valence-corrected chi connectivity index (χ3v) is 27.0. The molecule has 5 aromatic carbocycles. The Kier molecular flexibility index (Phi) is 28.5. The third kappa shape index (κ3) is 21.0. The minimum Gasteiger partial charge on any atom is -0.324 e. The highest BCUT2D eigenvalue weighted by atomic mass is 32.2. The van der Waals surface area contributed by atoms with Crippen molar-refractivity contribution in [1.29, 1.82) is 0 Å². The predicted molar refractivity (Wildman–Crippen MR) is 552 cm³/mol. The molecule has 0 bridgehead atoms. The lowest BCUT2D eigenvalue weighted by atomic mass is 9.82. The van der Waals surface area contributed by atoms with Gasteiger partial charge in [0.1, 0.15) is 27.2 Å². The van der Waals surface area contributed by atoms with Crippen molar-refractivity contribution in [1.82, 2.24) is 126 Å². The highest BCUT2D eigenvalue weighted by Gasteiger charge is 2.28. The minimum absolute atomic E-state index is 0.0186. The molecule has 0 aliphatic carbocycles. The molecule has 16 aromatic rings. The van der Waals surface area contributed by atoms with Crippen LogP contribution >= 0.6 is 0 Å². The van der Waals surface area contributed by atoms with E-state index in [-0.39, 0.29) is 40.7 Å². The Hall–Kier alpha value is -15.1. The molecule has 140 heavy (non-hydrogen) atoms. The maximum atomic E-state index is 13.3. The number of hydrogen-bond acceptors (Lipinski definition) is 26. The van der Waals surface area contributed by atoms with E-state index >= 15 is 0 Å². The van der Waals surface area contributed by atoms with Crippen LogP contribution in [0.15, 0.2) is 240 Å². The zero-order chi connectivity index (χ0) is 98.5. The molecule has 0 unspecified atom stereocenters. The van der Waals surface area contributed by atoms with E-state index in [9.17, 15) is 27.6 Å². The number of fused-ring (bicyclic) bond motifs is 8. The van der Waals surface area contributed by atoms with Gasteiger partial charge in [-0.1, -0.05) is 93.6 Å². The molecule has 37 heteroatoms. The number of nitrogens with zero attached hydrogens (tertiary/aromatic N) is 26. The van der Waals surface area contributed by atoms with Crippen LogP contribution in [0, 0.1) is 0 Å². The highest BCUT2D eigenvalue weighted by molar-refractivity contribution is 7.88. The first-order valence-corrected chi connectivity index (χ1v) is 48.5. The van der Waals surface area contributed by atoms with Gasteiger partial charge in [-0.25, -0.2) is 75.8 Å². The summed E-state index contributed by atoms with van der Waals surface area (Å²) in [6.07, 6.45) is 22.9. The fourth-order valence-corrected chi connectivity index (χ4v) is 18.3. The van der Waals surface area contributed by atoms with Crippen LogP contribution in [0.2, 0.25) is 0 Å². The van der Waals surface area contributed by atoms with Crippen molar-refractivity contribution in [3.8, 4) is 23.0 Å². The average molecular weight is 1900 g/mol. The lowest BCUT2D eigenvalue weighted by Crippen LogP contribution is -2.26. The normalized spacial score (nSPS) is 14.0. The molecule has 20 rings (SSSR count). The lowest BCUT2D eigenvalue weighted by molar-refractivity contribution is 0.313. The van der Waals surface area contributed by atoms with Crippen molar-refractivity contribution in [2.24, 2.45) is 7.05 Å². The van der Waals surface area contributed by atoms with Crippen molar-refractivity contribution >= 4 is 101 Å². The Balaban J connectivity index is 0.000000129. The van der Waals surface area contributed by atoms with Crippen LogP contribution in [0.5, 0.6) is 0 Å². The molecule has 15 heterocycles. The molecule has 722 valence electrons. The van der Waals surface area contributed by atoms with Crippen LogP contribution in [-0.2, 0) is 114 Å². The van der Waals surface area contributed by atoms with Crippen LogP contribution in [0.25, 0.3) is 67.1 Å². The number of sulfonamides is 1. The number of allylic oxidation sites excluding steroid dienone is 4. The summed E-state index contributed by atoms with van der Waals surface area (Å²) in [6, 6.07) is 44.8. The number of hydrogen-bond donors (Lipinski definition) is 4. The first kappa shape index (κ1) is 96.6. The molecule has 0 saturated heterocycles. The molecule has 0 radical (unpaired) electrons. The predicted octanol–water partition coefficient (Wildman–Crippen LogP) is 12.7. The fraction of sp³-hybridized carbons (Fsp3) is 0.311. The SMILES string of the molecule is C=CCn1c(=O)c2cnc(Nc3ccc4c(c3)CN(C)CC4)nc2n1-c1cccc(C(C)(C)CC)c1.C=CCn1c(=O)c2cnc(Nc3ccc4c(c3)CN(C)CC4)nc2n1-c1cccc(CN(C)C)n1.C=CCn1c(=O)c2cnc(Nc3ccc4c(c3)CN(C)CC4)nc2n1-c1cccc(CN(C)S(C)(=O)=O)n1.C=CCn1c(=O)c2cnc(Nc3ccc4c(c3)CN(C)CC4)nc2n1-c1cnn(C)c1. The van der Waals surface area contributed by atoms with Gasteiger partial charge in [-0.2, -0.15) is 29.3 Å². The van der Waals surface area contributed by atoms with Crippen LogP contribution in [0.4, 0.5) is 46.5 Å². The summed E-state index contributed by atoms with van der Waals surface area (Å²) in [5.41, 5.74) is 19.9. The zero-order valence-corrected chi connectivity index (χ0v) is 82.0. The second-order valence-electron chi connectivity index (χ2n) is 37.0. The number of rotatable bonds is 27. The number of nitrogens with one attached hydrogen (secondary N) is 4. The van der Waals surface area contributed by atoms with Gasteiger partial charge in [-0.05, 0) is 215 Å². The van der Waals surface area contributed by atoms with E-state index in [1.165, 1.54) is 72.3 Å². The molecule has 0 saturated carbocycles. The van der Waals surface area contributed by atoms with Crippen LogP contribution in [0.1, 0.15) is 88.7 Å². The molecule has 0 amide bonds. The first-order chi connectivity index (χ1) is 67.4. The van der Waals surface area contributed by atoms with Gasteiger partial charge in [0.15, 0.2) is 34.2 Å². The summed E-state index contributed by atoms with van der Waals surface area (Å²) in [5, 5.41) is 19.2. The first-order valence-electron chi connectivity index (χ1n) is 46.7. The Morgan fingerprint density at radius 2 is 0.729 bits per heavy atom. The summed E-state index contributed by atoms with van der Waals surface area (Å²) in [4.78, 5) is 110. The van der Waals surface area contributed by atoms with E-state index in [2.05, 4.69) is 235 Å². The van der Waals surface area contributed by atoms with Gasteiger partial charge < -0.3 is 45.8 Å². The molecule has 0 atom stereocenters. The van der Waals surface area contributed by atoms with E-state index in [1.54, 1.807) is 100 Å². The van der Waals surface area contributed by atoms with Crippen LogP contribution in [0.3, 0.4) is 0 Å². The summed E-state index contributed by atoms with van der Waals surface area (Å²) >= 11 is 0. The molecular formula is C103H118N30O6S. The third-order valence-electron chi connectivity index (χ3n) is 25.7. The Morgan fingerprint density at radius 3 is 1.05 bits per heavy atom. The number of benzene rings is 5. The molecule has 11 aromatic heterocycles. The molecule has 4 N–H and O–H groups in total. The number of aryl methyl sites for hydroxylation is 1. The molecule has 0 spiro atoms. The lowest BCUT2D eigenvalue weighted by Gasteiger charge is -2.25. The highest BCUT2D eigenvalue weighted by Crippen LogP contribution is 2.34. The summed E-state index contributed by atoms with van der Waals surface area (Å²) in [7, 11) is 12.5. The van der Waals surface area contributed by atoms with Crippen LogP contribution < -0.4 is 43.5 Å². The second kappa shape index (κ2) is 41.3. The number of pyridine rings is 2. The van der Waals surface area contributed by atoms with Gasteiger partial charge in [0.25, 0.3) is 22.2 Å². The smallest absolute Gasteiger partial charge is 0.278 e. The van der Waals surface area contributed by atoms with Crippen molar-refractivity contribution in [3.63, 3.8) is 0 Å². The fourth-order valence-electron chi connectivity index (χ4n) is 17.9. The van der Waals surface area contributed by atoms with Gasteiger partial charge in [-0.15, -0.1) is 26.3 Å². The van der Waals surface area contributed by atoms with Gasteiger partial charge >= 0.3 is 0 Å². The molecule has 4 aliphatic heterocycles. The maximum absolute atomic E-state index is 13.3. The van der Waals surface area contributed by atoms with Crippen molar-refractivity contribution in [3.05, 3.63) is 324 Å². The van der Waals surface area contributed by atoms with Crippen molar-refractivity contribution < 1.29 is 8.42 Å². The molecule has 4 aliphatic rings. The second-order valence-corrected chi connectivity index (χ2v) is 39.0. The molecular weight excluding hydrogens is 1790 g/mol. The summed E-state index contributed by atoms with van der Waals surface area (Å²) < 4.78 is 40.1. The van der Waals surface area contributed by atoms with E-state index in [1.807, 2.05) is 68.4 Å². The zero-order valence-electron chi connectivity index (χ0n) is 81.2. The Morgan fingerprint density at radius 1 is 0.400 bits per heavy atom. The van der Waals surface area contributed by atoms with Crippen LogP contribution in [-0.4, -0.2) is 216 Å². The van der Waals surface area contributed by atoms with Crippen molar-refractivity contribution in [2.75, 3.05) is 103 Å². The Labute approximate surface area is 811 Å². The van der Waals surface area contributed by atoms with Gasteiger partial charge in [0.2, 0.25) is 33.8 Å². The van der Waals surface area contributed by atoms with E-state index < -0.39 is 10.0 Å². The number of aromatic nitrogens is 20. The largest absolute Gasteiger partial charge is 0.324 e. The number of likely N-dealkylation sites (N-methyl/N-ethyl adjacent to an activating group) is 4. The topological polar surface area (TPSA) is 356 Å². The molecule has 36 nitrogen and oxygen atoms in total. The van der Waals surface area contributed by atoms with Gasteiger partial charge in [-0.3, -0.25) is 23.9 Å². The summed E-state index contributed by atoms with van der Waals surface area (Å²) in [6.45, 7) is 31.9. The van der Waals surface area contributed by atoms with Gasteiger partial charge in [0, 0.05) is 121 Å². The monoisotopic (exact) mass is 1900 g/mol. The van der Waals surface area contributed by atoms with E-state index in [0.717, 1.165) is 131 Å². The maximum Gasteiger partial charge on any atom is 0.278 e. The standard InChI is InChI=1S/C29H34N6O.C26H30N8O3S.C26H30N8O.C22H24N8O/c1-6-14-34-27(36)25-18-30-28(31-23-12-11-20-13-15-33(5)19-21(20)16-23)32-26(25)35(34)24-10-8-9-22(17-24)29(3,4)7-2;1-5-12-33-25(35)22-15-27-26(29-20-10-9-18-11-13-31(2)16-19(18)14-20)30-24(22)34(33)23-8-6-7-21(28-23)17-32(3)38(4,36)37;1-5-12-33-25(35)22-15-27-26(29-20-10-9-18-11-13-32(4)16-19(18)14-20)30-24(22)34(33)23-8-6-7-21(28-23)17-31(2)3;1-4-8-29-21(31)19-12-23-22(26-20(19)30(29)18-11-24-28(3)14-18)25-17-6-5-15-7-9-27(2)13-16(15)10-17/h6,8-12,16-18H,1,7,13-15,19H2,2-5H3,(H,30,31,32);5-10,14-15H,1,11-13,16-17H2,2-4H3,(H,27,29,30);5-10,14-15H,1,11-13,16-17H2,2-4H3,(H,27,29,30);4-6,10-12,14H,1,7-9,13H2,2-3H3,(H,23,25,26). The van der Waals surface area contributed by atoms with E-state index in [4.69, 9.17) is 19.9 Å². The van der Waals surface area contributed by atoms with E-state index in [0.29, 0.717) is 111 Å². The number of anilines is 8. The van der Waals surface area contributed by atoms with Crippen molar-refractivity contribution in [2.45, 2.75) is 124 Å².